The average Bonchev–Trinajstić information content (AvgIpc) is 2.09. The van der Waals surface area contributed by atoms with Gasteiger partial charge in [0, 0.05) is 12.6 Å². The number of benzene rings is 1. The minimum atomic E-state index is 0.364. The van der Waals surface area contributed by atoms with Crippen molar-refractivity contribution in [1.29, 1.82) is 0 Å². The number of methoxy groups -OCH3 is 1. The molecule has 12 heavy (non-hydrogen) atoms. The fraction of sp³-hybridized carbons (Fsp3) is 0.250. The fourth-order valence-corrected chi connectivity index (χ4v) is 1.16. The summed E-state index contributed by atoms with van der Waals surface area (Å²) in [5, 5.41) is 0.481. The van der Waals surface area contributed by atoms with Crippen molar-refractivity contribution in [3.63, 3.8) is 0 Å². The van der Waals surface area contributed by atoms with E-state index < -0.39 is 0 Å². The van der Waals surface area contributed by atoms with Crippen LogP contribution in [0.4, 0.5) is 5.69 Å². The third-order valence-electron chi connectivity index (χ3n) is 1.64. The Hall–Kier alpha value is -0.930. The van der Waals surface area contributed by atoms with Gasteiger partial charge in [-0.25, -0.2) is 0 Å². The lowest BCUT2D eigenvalue weighted by Crippen LogP contribution is -2.02. The van der Waals surface area contributed by atoms with Crippen molar-refractivity contribution in [2.75, 3.05) is 12.8 Å². The largest absolute Gasteiger partial charge is 0.497 e. The maximum absolute atomic E-state index is 5.82. The van der Waals surface area contributed by atoms with Crippen LogP contribution in [0.1, 0.15) is 5.56 Å². The van der Waals surface area contributed by atoms with Gasteiger partial charge in [-0.3, -0.25) is 0 Å². The summed E-state index contributed by atoms with van der Waals surface area (Å²) in [6.07, 6.45) is 0. The van der Waals surface area contributed by atoms with Gasteiger partial charge < -0.3 is 16.2 Å². The van der Waals surface area contributed by atoms with Crippen molar-refractivity contribution < 1.29 is 4.74 Å². The summed E-state index contributed by atoms with van der Waals surface area (Å²) in [6, 6.07) is 3.44. The average molecular weight is 187 g/mol. The van der Waals surface area contributed by atoms with Gasteiger partial charge in [-0.2, -0.15) is 0 Å². The van der Waals surface area contributed by atoms with E-state index in [-0.39, 0.29) is 0 Å². The Morgan fingerprint density at radius 2 is 2.17 bits per heavy atom. The molecule has 0 bridgehead atoms. The number of nitrogens with two attached hydrogens (primary N) is 2. The Bertz CT molecular complexity index is 289. The molecule has 0 aliphatic rings. The highest BCUT2D eigenvalue weighted by molar-refractivity contribution is 6.33. The molecule has 0 saturated heterocycles. The monoisotopic (exact) mass is 186 g/mol. The lowest BCUT2D eigenvalue weighted by atomic mass is 10.2. The van der Waals surface area contributed by atoms with Crippen LogP contribution >= 0.6 is 11.6 Å². The molecule has 0 amide bonds. The van der Waals surface area contributed by atoms with Crippen LogP contribution in [0.5, 0.6) is 5.75 Å². The zero-order chi connectivity index (χ0) is 9.14. The van der Waals surface area contributed by atoms with Gasteiger partial charge in [0.25, 0.3) is 0 Å². The van der Waals surface area contributed by atoms with Gasteiger partial charge in [0.05, 0.1) is 17.8 Å². The quantitative estimate of drug-likeness (QED) is 0.687. The molecule has 1 aromatic carbocycles. The van der Waals surface area contributed by atoms with Crippen molar-refractivity contribution in [2.24, 2.45) is 5.73 Å². The van der Waals surface area contributed by atoms with Gasteiger partial charge in [0.1, 0.15) is 5.75 Å². The molecule has 1 rings (SSSR count). The van der Waals surface area contributed by atoms with E-state index in [0.29, 0.717) is 23.0 Å². The van der Waals surface area contributed by atoms with Crippen LogP contribution in [0.25, 0.3) is 0 Å². The molecule has 0 unspecified atom stereocenters. The number of ether oxygens (including phenoxy) is 1. The highest BCUT2D eigenvalue weighted by atomic mass is 35.5. The van der Waals surface area contributed by atoms with Crippen molar-refractivity contribution in [3.8, 4) is 5.75 Å². The summed E-state index contributed by atoms with van der Waals surface area (Å²) in [6.45, 7) is 0.364. The number of nitrogen functional groups attached to an aromatic ring is 1. The SMILES string of the molecule is COc1cc(Cl)c(N)c(CN)c1. The highest BCUT2D eigenvalue weighted by Gasteiger charge is 2.04. The van der Waals surface area contributed by atoms with E-state index in [9.17, 15) is 0 Å². The summed E-state index contributed by atoms with van der Waals surface area (Å²) in [7, 11) is 1.57. The number of anilines is 1. The minimum Gasteiger partial charge on any atom is -0.497 e. The maximum Gasteiger partial charge on any atom is 0.120 e. The van der Waals surface area contributed by atoms with Crippen LogP contribution in [-0.4, -0.2) is 7.11 Å². The van der Waals surface area contributed by atoms with Gasteiger partial charge in [0.15, 0.2) is 0 Å². The predicted molar refractivity (Wildman–Crippen MR) is 50.3 cm³/mol. The molecule has 0 aromatic heterocycles. The molecule has 0 aliphatic carbocycles. The summed E-state index contributed by atoms with van der Waals surface area (Å²) in [5.41, 5.74) is 12.4. The number of rotatable bonds is 2. The van der Waals surface area contributed by atoms with E-state index in [1.165, 1.54) is 0 Å². The molecule has 3 nitrogen and oxygen atoms in total. The first kappa shape index (κ1) is 9.16. The second-order valence-corrected chi connectivity index (χ2v) is 2.79. The Morgan fingerprint density at radius 1 is 1.50 bits per heavy atom. The number of hydrogen-bond donors (Lipinski definition) is 2. The smallest absolute Gasteiger partial charge is 0.120 e. The lowest BCUT2D eigenvalue weighted by molar-refractivity contribution is 0.414. The molecule has 1 aromatic rings. The van der Waals surface area contributed by atoms with E-state index in [1.807, 2.05) is 0 Å². The summed E-state index contributed by atoms with van der Waals surface area (Å²) >= 11 is 5.82. The molecular formula is C8H11ClN2O. The molecule has 0 atom stereocenters. The van der Waals surface area contributed by atoms with Gasteiger partial charge >= 0.3 is 0 Å². The van der Waals surface area contributed by atoms with Gasteiger partial charge in [-0.1, -0.05) is 11.6 Å². The first-order valence-electron chi connectivity index (χ1n) is 3.51. The molecule has 0 fully saturated rings. The second kappa shape index (κ2) is 3.65. The van der Waals surface area contributed by atoms with E-state index >= 15 is 0 Å². The molecule has 0 heterocycles. The van der Waals surface area contributed by atoms with Crippen molar-refractivity contribution in [2.45, 2.75) is 6.54 Å². The van der Waals surface area contributed by atoms with Crippen LogP contribution in [0.2, 0.25) is 5.02 Å². The van der Waals surface area contributed by atoms with Gasteiger partial charge in [0.2, 0.25) is 0 Å². The normalized spacial score (nSPS) is 9.92. The van der Waals surface area contributed by atoms with Crippen LogP contribution in [0.3, 0.4) is 0 Å². The molecule has 66 valence electrons. The third-order valence-corrected chi connectivity index (χ3v) is 1.96. The molecule has 0 spiro atoms. The Balaban J connectivity index is 3.19. The molecule has 0 aliphatic heterocycles. The Labute approximate surface area is 76.3 Å². The van der Waals surface area contributed by atoms with Crippen molar-refractivity contribution >= 4 is 17.3 Å². The van der Waals surface area contributed by atoms with Crippen LogP contribution in [-0.2, 0) is 6.54 Å². The Morgan fingerprint density at radius 3 is 2.67 bits per heavy atom. The van der Waals surface area contributed by atoms with E-state index in [2.05, 4.69) is 0 Å². The first-order chi connectivity index (χ1) is 5.69. The number of halogens is 1. The summed E-state index contributed by atoms with van der Waals surface area (Å²) < 4.78 is 5.00. The summed E-state index contributed by atoms with van der Waals surface area (Å²) in [5.74, 6) is 0.676. The fourth-order valence-electron chi connectivity index (χ4n) is 0.934. The molecule has 4 heteroatoms. The van der Waals surface area contributed by atoms with E-state index in [1.54, 1.807) is 19.2 Å². The van der Waals surface area contributed by atoms with Gasteiger partial charge in [-0.15, -0.1) is 0 Å². The molecule has 4 N–H and O–H groups in total. The van der Waals surface area contributed by atoms with Crippen LogP contribution in [0, 0.1) is 0 Å². The zero-order valence-corrected chi connectivity index (χ0v) is 7.56. The van der Waals surface area contributed by atoms with Crippen molar-refractivity contribution in [1.82, 2.24) is 0 Å². The van der Waals surface area contributed by atoms with E-state index in [4.69, 9.17) is 27.8 Å². The first-order valence-corrected chi connectivity index (χ1v) is 3.88. The van der Waals surface area contributed by atoms with E-state index in [0.717, 1.165) is 5.56 Å². The Kier molecular flexibility index (Phi) is 2.78. The zero-order valence-electron chi connectivity index (χ0n) is 6.80. The second-order valence-electron chi connectivity index (χ2n) is 2.39. The standard InChI is InChI=1S/C8H11ClN2O/c1-12-6-2-5(4-10)8(11)7(9)3-6/h2-3H,4,10-11H2,1H3. The highest BCUT2D eigenvalue weighted by Crippen LogP contribution is 2.28. The topological polar surface area (TPSA) is 61.3 Å². The van der Waals surface area contributed by atoms with Crippen molar-refractivity contribution in [3.05, 3.63) is 22.7 Å². The third kappa shape index (κ3) is 1.62. The maximum atomic E-state index is 5.82. The summed E-state index contributed by atoms with van der Waals surface area (Å²) in [4.78, 5) is 0. The lowest BCUT2D eigenvalue weighted by Gasteiger charge is -2.07. The molecular weight excluding hydrogens is 176 g/mol. The predicted octanol–water partition coefficient (Wildman–Crippen LogP) is 1.39. The molecule has 0 saturated carbocycles. The minimum absolute atomic E-state index is 0.364. The van der Waals surface area contributed by atoms with Gasteiger partial charge in [-0.05, 0) is 11.6 Å². The molecule has 0 radical (unpaired) electrons. The van der Waals surface area contributed by atoms with Crippen LogP contribution in [0.15, 0.2) is 12.1 Å². The number of hydrogen-bond acceptors (Lipinski definition) is 3. The van der Waals surface area contributed by atoms with Crippen LogP contribution < -0.4 is 16.2 Å².